The number of rotatable bonds is 10. The fourth-order valence-corrected chi connectivity index (χ4v) is 2.94. The first-order valence-corrected chi connectivity index (χ1v) is 10.0. The van der Waals surface area contributed by atoms with Crippen LogP contribution in [0.4, 0.5) is 10.6 Å². The van der Waals surface area contributed by atoms with Crippen molar-refractivity contribution in [3.63, 3.8) is 0 Å². The molecular weight excluding hydrogens is 398 g/mol. The molecule has 0 saturated heterocycles. The van der Waals surface area contributed by atoms with E-state index < -0.39 is 6.09 Å². The normalized spacial score (nSPS) is 11.4. The standard InChI is InChI=1S/C21H25N7O3/c1-3-4-8-14-28(21(29)30)18-13-9-12-17(22-18)15-31-24-19(16-10-6-5-7-11-16)20-23-25-26-27(20)2/h5-7,9-13H,3-4,8,14-15H2,1-2H3,(H,29,30). The molecule has 0 saturated carbocycles. The number of carbonyl (C=O) groups is 1. The van der Waals surface area contributed by atoms with Gasteiger partial charge >= 0.3 is 6.09 Å². The summed E-state index contributed by atoms with van der Waals surface area (Å²) in [5.41, 5.74) is 1.84. The number of benzene rings is 1. The molecule has 3 rings (SSSR count). The Bertz CT molecular complexity index is 1020. The molecule has 0 spiro atoms. The Labute approximate surface area is 180 Å². The van der Waals surface area contributed by atoms with Gasteiger partial charge in [0.25, 0.3) is 0 Å². The van der Waals surface area contributed by atoms with Gasteiger partial charge in [-0.3, -0.25) is 4.90 Å². The van der Waals surface area contributed by atoms with Gasteiger partial charge < -0.3 is 9.94 Å². The highest BCUT2D eigenvalue weighted by Gasteiger charge is 2.17. The minimum atomic E-state index is -1.03. The molecule has 0 aliphatic carbocycles. The van der Waals surface area contributed by atoms with Gasteiger partial charge in [0.05, 0.1) is 5.69 Å². The van der Waals surface area contributed by atoms with Crippen molar-refractivity contribution in [3.05, 3.63) is 65.6 Å². The quantitative estimate of drug-likeness (QED) is 0.302. The zero-order valence-electron chi connectivity index (χ0n) is 17.5. The monoisotopic (exact) mass is 423 g/mol. The van der Waals surface area contributed by atoms with E-state index in [0.29, 0.717) is 29.6 Å². The van der Waals surface area contributed by atoms with Gasteiger partial charge in [-0.05, 0) is 29.0 Å². The summed E-state index contributed by atoms with van der Waals surface area (Å²) in [4.78, 5) is 22.9. The summed E-state index contributed by atoms with van der Waals surface area (Å²) in [5.74, 6) is 0.829. The third kappa shape index (κ3) is 5.84. The number of unbranched alkanes of at least 4 members (excludes halogenated alkanes) is 2. The molecule has 10 nitrogen and oxygen atoms in total. The van der Waals surface area contributed by atoms with E-state index in [-0.39, 0.29) is 6.61 Å². The van der Waals surface area contributed by atoms with E-state index in [4.69, 9.17) is 4.84 Å². The number of hydrogen-bond donors (Lipinski definition) is 1. The topological polar surface area (TPSA) is 119 Å². The second-order valence-corrected chi connectivity index (χ2v) is 6.83. The lowest BCUT2D eigenvalue weighted by molar-refractivity contribution is 0.128. The molecule has 0 bridgehead atoms. The van der Waals surface area contributed by atoms with Crippen LogP contribution in [0, 0.1) is 0 Å². The van der Waals surface area contributed by atoms with Gasteiger partial charge in [0.2, 0.25) is 5.82 Å². The van der Waals surface area contributed by atoms with E-state index in [1.54, 1.807) is 25.2 Å². The molecule has 0 unspecified atom stereocenters. The fraction of sp³-hybridized carbons (Fsp3) is 0.333. The maximum absolute atomic E-state index is 11.6. The second-order valence-electron chi connectivity index (χ2n) is 6.83. The Hall–Kier alpha value is -3.82. The fourth-order valence-electron chi connectivity index (χ4n) is 2.94. The smallest absolute Gasteiger partial charge is 0.413 e. The molecule has 0 aliphatic rings. The third-order valence-electron chi connectivity index (χ3n) is 4.53. The Morgan fingerprint density at radius 2 is 1.97 bits per heavy atom. The molecule has 162 valence electrons. The minimum Gasteiger partial charge on any atom is -0.465 e. The summed E-state index contributed by atoms with van der Waals surface area (Å²) >= 11 is 0. The summed E-state index contributed by atoms with van der Waals surface area (Å²) in [7, 11) is 1.72. The summed E-state index contributed by atoms with van der Waals surface area (Å²) in [6.45, 7) is 2.54. The molecule has 2 heterocycles. The minimum absolute atomic E-state index is 0.0673. The Morgan fingerprint density at radius 3 is 2.65 bits per heavy atom. The van der Waals surface area contributed by atoms with Crippen molar-refractivity contribution in [2.24, 2.45) is 12.2 Å². The number of amides is 1. The number of nitrogens with zero attached hydrogens (tertiary/aromatic N) is 7. The number of tetrazole rings is 1. The van der Waals surface area contributed by atoms with Crippen molar-refractivity contribution in [2.45, 2.75) is 32.8 Å². The van der Waals surface area contributed by atoms with Crippen molar-refractivity contribution < 1.29 is 14.7 Å². The van der Waals surface area contributed by atoms with Crippen LogP contribution < -0.4 is 4.90 Å². The number of aromatic nitrogens is 5. The summed E-state index contributed by atoms with van der Waals surface area (Å²) in [6.07, 6.45) is 1.72. The molecule has 0 aliphatic heterocycles. The molecule has 1 aromatic carbocycles. The van der Waals surface area contributed by atoms with Crippen LogP contribution in [-0.4, -0.2) is 48.6 Å². The number of pyridine rings is 1. The van der Waals surface area contributed by atoms with Crippen molar-refractivity contribution in [1.82, 2.24) is 25.2 Å². The van der Waals surface area contributed by atoms with E-state index in [0.717, 1.165) is 24.8 Å². The first kappa shape index (κ1) is 21.9. The van der Waals surface area contributed by atoms with Gasteiger partial charge in [0, 0.05) is 19.2 Å². The maximum atomic E-state index is 11.6. The summed E-state index contributed by atoms with van der Waals surface area (Å²) in [5, 5.41) is 25.3. The van der Waals surface area contributed by atoms with Crippen LogP contribution in [0.25, 0.3) is 0 Å². The van der Waals surface area contributed by atoms with E-state index in [2.05, 4.69) is 32.6 Å². The highest BCUT2D eigenvalue weighted by atomic mass is 16.6. The van der Waals surface area contributed by atoms with Gasteiger partial charge in [-0.15, -0.1) is 5.10 Å². The number of carboxylic acid groups (broad SMARTS) is 1. The van der Waals surface area contributed by atoms with E-state index in [9.17, 15) is 9.90 Å². The van der Waals surface area contributed by atoms with Crippen molar-refractivity contribution in [2.75, 3.05) is 11.4 Å². The molecule has 31 heavy (non-hydrogen) atoms. The Morgan fingerprint density at radius 1 is 1.16 bits per heavy atom. The highest BCUT2D eigenvalue weighted by Crippen LogP contribution is 2.15. The number of oxime groups is 1. The zero-order chi connectivity index (χ0) is 22.1. The van der Waals surface area contributed by atoms with Crippen LogP contribution in [0.2, 0.25) is 0 Å². The second kappa shape index (κ2) is 10.8. The lowest BCUT2D eigenvalue weighted by atomic mass is 10.1. The molecule has 3 aromatic rings. The van der Waals surface area contributed by atoms with Crippen LogP contribution in [0.1, 0.15) is 43.3 Å². The van der Waals surface area contributed by atoms with Crippen LogP contribution in [0.5, 0.6) is 0 Å². The largest absolute Gasteiger partial charge is 0.465 e. The summed E-state index contributed by atoms with van der Waals surface area (Å²) in [6, 6.07) is 14.6. The van der Waals surface area contributed by atoms with E-state index in [1.165, 1.54) is 9.58 Å². The van der Waals surface area contributed by atoms with E-state index >= 15 is 0 Å². The molecule has 0 radical (unpaired) electrons. The lowest BCUT2D eigenvalue weighted by Crippen LogP contribution is -2.31. The van der Waals surface area contributed by atoms with Crippen molar-refractivity contribution >= 4 is 17.6 Å². The van der Waals surface area contributed by atoms with Gasteiger partial charge in [0.15, 0.2) is 12.3 Å². The molecule has 0 atom stereocenters. The van der Waals surface area contributed by atoms with Crippen molar-refractivity contribution in [3.8, 4) is 0 Å². The highest BCUT2D eigenvalue weighted by molar-refractivity contribution is 6.10. The van der Waals surface area contributed by atoms with Crippen LogP contribution in [-0.2, 0) is 18.5 Å². The van der Waals surface area contributed by atoms with Crippen molar-refractivity contribution in [1.29, 1.82) is 0 Å². The first-order chi connectivity index (χ1) is 15.1. The molecule has 1 amide bonds. The average Bonchev–Trinajstić information content (AvgIpc) is 3.20. The number of aryl methyl sites for hydroxylation is 1. The van der Waals surface area contributed by atoms with Gasteiger partial charge in [-0.1, -0.05) is 61.3 Å². The molecule has 2 aromatic heterocycles. The molecule has 10 heteroatoms. The maximum Gasteiger partial charge on any atom is 0.413 e. The Balaban J connectivity index is 1.76. The number of anilines is 1. The predicted molar refractivity (Wildman–Crippen MR) is 115 cm³/mol. The summed E-state index contributed by atoms with van der Waals surface area (Å²) < 4.78 is 1.51. The van der Waals surface area contributed by atoms with Gasteiger partial charge in [-0.25, -0.2) is 14.5 Å². The molecule has 0 fully saturated rings. The van der Waals surface area contributed by atoms with Crippen LogP contribution in [0.3, 0.4) is 0 Å². The van der Waals surface area contributed by atoms with Gasteiger partial charge in [-0.2, -0.15) is 0 Å². The van der Waals surface area contributed by atoms with Crippen LogP contribution in [0.15, 0.2) is 53.7 Å². The Kier molecular flexibility index (Phi) is 7.63. The average molecular weight is 423 g/mol. The van der Waals surface area contributed by atoms with Gasteiger partial charge in [0.1, 0.15) is 5.82 Å². The third-order valence-corrected chi connectivity index (χ3v) is 4.53. The molecule has 1 N–H and O–H groups in total. The predicted octanol–water partition coefficient (Wildman–Crippen LogP) is 3.25. The molecular formula is C21H25N7O3. The first-order valence-electron chi connectivity index (χ1n) is 10.0. The van der Waals surface area contributed by atoms with E-state index in [1.807, 2.05) is 30.3 Å². The van der Waals surface area contributed by atoms with Crippen LogP contribution >= 0.6 is 0 Å². The number of hydrogen-bond acceptors (Lipinski definition) is 7. The lowest BCUT2D eigenvalue weighted by Gasteiger charge is -2.18. The zero-order valence-corrected chi connectivity index (χ0v) is 17.5. The SMILES string of the molecule is CCCCCN(C(=O)O)c1cccc(CON=C(c2ccccc2)c2nnnn2C)n1.